The number of hydrogen-bond acceptors (Lipinski definition) is 6. The Hall–Kier alpha value is -2.08. The number of methoxy groups -OCH3 is 1. The molecule has 1 saturated heterocycles. The van der Waals surface area contributed by atoms with Crippen molar-refractivity contribution in [1.82, 2.24) is 15.2 Å². The first kappa shape index (κ1) is 13.9. The lowest BCUT2D eigenvalue weighted by Crippen LogP contribution is -2.21. The number of nitrogens with zero attached hydrogens (tertiary/aromatic N) is 4. The molecule has 0 spiro atoms. The van der Waals surface area contributed by atoms with Gasteiger partial charge in [0.15, 0.2) is 5.82 Å². The van der Waals surface area contributed by atoms with Gasteiger partial charge in [-0.1, -0.05) is 11.6 Å². The van der Waals surface area contributed by atoms with E-state index in [2.05, 4.69) is 25.4 Å². The largest absolute Gasteiger partial charge is 0.495 e. The summed E-state index contributed by atoms with van der Waals surface area (Å²) in [6.45, 7) is 1.97. The summed E-state index contributed by atoms with van der Waals surface area (Å²) in [7, 11) is 1.59. The fourth-order valence-corrected chi connectivity index (χ4v) is 2.56. The van der Waals surface area contributed by atoms with Gasteiger partial charge in [-0.3, -0.25) is 0 Å². The monoisotopic (exact) mass is 305 g/mol. The summed E-state index contributed by atoms with van der Waals surface area (Å²) in [5.74, 6) is 1.95. The van der Waals surface area contributed by atoms with Crippen LogP contribution in [0.15, 0.2) is 24.4 Å². The van der Waals surface area contributed by atoms with E-state index < -0.39 is 0 Å². The molecule has 3 rings (SSSR count). The minimum absolute atomic E-state index is 0.546. The van der Waals surface area contributed by atoms with Crippen molar-refractivity contribution in [1.29, 1.82) is 0 Å². The number of anilines is 3. The fourth-order valence-electron chi connectivity index (χ4n) is 2.30. The van der Waals surface area contributed by atoms with Crippen LogP contribution in [0.5, 0.6) is 5.75 Å². The molecule has 0 aliphatic carbocycles. The predicted molar refractivity (Wildman–Crippen MR) is 82.6 cm³/mol. The summed E-state index contributed by atoms with van der Waals surface area (Å²) >= 11 is 6.11. The van der Waals surface area contributed by atoms with E-state index in [0.29, 0.717) is 22.5 Å². The average Bonchev–Trinajstić information content (AvgIpc) is 3.02. The molecule has 1 aromatic carbocycles. The maximum atomic E-state index is 6.11. The minimum atomic E-state index is 0.546. The van der Waals surface area contributed by atoms with Crippen LogP contribution in [0.2, 0.25) is 5.02 Å². The van der Waals surface area contributed by atoms with E-state index in [4.69, 9.17) is 16.3 Å². The lowest BCUT2D eigenvalue weighted by molar-refractivity contribution is 0.415. The zero-order valence-electron chi connectivity index (χ0n) is 11.7. The number of hydrogen-bond donors (Lipinski definition) is 1. The first-order valence-corrected chi connectivity index (χ1v) is 7.19. The van der Waals surface area contributed by atoms with E-state index in [1.165, 1.54) is 12.8 Å². The lowest BCUT2D eigenvalue weighted by atomic mass is 10.3. The summed E-state index contributed by atoms with van der Waals surface area (Å²) in [5, 5.41) is 11.8. The second-order valence-electron chi connectivity index (χ2n) is 4.81. The van der Waals surface area contributed by atoms with Crippen molar-refractivity contribution >= 4 is 29.1 Å². The molecule has 0 unspecified atom stereocenters. The van der Waals surface area contributed by atoms with E-state index in [1.807, 2.05) is 6.07 Å². The number of ether oxygens (including phenoxy) is 1. The molecule has 1 fully saturated rings. The van der Waals surface area contributed by atoms with Crippen LogP contribution in [-0.4, -0.2) is 35.4 Å². The molecule has 2 heterocycles. The van der Waals surface area contributed by atoms with Crippen LogP contribution >= 0.6 is 11.6 Å². The van der Waals surface area contributed by atoms with Crippen molar-refractivity contribution in [2.45, 2.75) is 12.8 Å². The first-order chi connectivity index (χ1) is 10.3. The van der Waals surface area contributed by atoms with Crippen molar-refractivity contribution in [3.05, 3.63) is 29.4 Å². The molecular formula is C14H16ClN5O. The Morgan fingerprint density at radius 2 is 2.10 bits per heavy atom. The SMILES string of the molecule is COc1ccc(Nc2cnnc(N3CCCC3)n2)cc1Cl. The van der Waals surface area contributed by atoms with Crippen LogP contribution in [0.1, 0.15) is 12.8 Å². The number of halogens is 1. The van der Waals surface area contributed by atoms with Gasteiger partial charge in [0.1, 0.15) is 5.75 Å². The Morgan fingerprint density at radius 3 is 2.81 bits per heavy atom. The van der Waals surface area contributed by atoms with Gasteiger partial charge in [0.2, 0.25) is 5.95 Å². The van der Waals surface area contributed by atoms with Crippen LogP contribution in [0, 0.1) is 0 Å². The third-order valence-corrected chi connectivity index (χ3v) is 3.66. The van der Waals surface area contributed by atoms with Crippen LogP contribution in [-0.2, 0) is 0 Å². The van der Waals surface area contributed by atoms with Crippen LogP contribution < -0.4 is 15.0 Å². The molecule has 1 aliphatic heterocycles. The van der Waals surface area contributed by atoms with Crippen molar-refractivity contribution in [2.75, 3.05) is 30.4 Å². The highest BCUT2D eigenvalue weighted by Crippen LogP contribution is 2.28. The van der Waals surface area contributed by atoms with E-state index in [1.54, 1.807) is 25.4 Å². The van der Waals surface area contributed by atoms with E-state index in [0.717, 1.165) is 18.8 Å². The zero-order chi connectivity index (χ0) is 14.7. The average molecular weight is 306 g/mol. The minimum Gasteiger partial charge on any atom is -0.495 e. The Labute approximate surface area is 128 Å². The quantitative estimate of drug-likeness (QED) is 0.937. The van der Waals surface area contributed by atoms with Gasteiger partial charge in [-0.25, -0.2) is 0 Å². The molecule has 7 heteroatoms. The number of benzene rings is 1. The molecule has 1 aromatic heterocycles. The highest BCUT2D eigenvalue weighted by atomic mass is 35.5. The predicted octanol–water partition coefficient (Wildman–Crippen LogP) is 2.88. The van der Waals surface area contributed by atoms with Gasteiger partial charge in [-0.15, -0.1) is 5.10 Å². The Kier molecular flexibility index (Phi) is 4.06. The van der Waals surface area contributed by atoms with Gasteiger partial charge in [-0.2, -0.15) is 10.1 Å². The van der Waals surface area contributed by atoms with Crippen LogP contribution in [0.4, 0.5) is 17.5 Å². The Morgan fingerprint density at radius 1 is 1.29 bits per heavy atom. The maximum Gasteiger partial charge on any atom is 0.247 e. The number of aromatic nitrogens is 3. The van der Waals surface area contributed by atoms with Gasteiger partial charge < -0.3 is 15.0 Å². The third-order valence-electron chi connectivity index (χ3n) is 3.36. The molecule has 6 nitrogen and oxygen atoms in total. The molecular weight excluding hydrogens is 290 g/mol. The Balaban J connectivity index is 1.78. The molecule has 2 aromatic rings. The second-order valence-corrected chi connectivity index (χ2v) is 5.22. The van der Waals surface area contributed by atoms with Crippen LogP contribution in [0.3, 0.4) is 0 Å². The smallest absolute Gasteiger partial charge is 0.247 e. The van der Waals surface area contributed by atoms with Gasteiger partial charge in [0.05, 0.1) is 18.3 Å². The maximum absolute atomic E-state index is 6.11. The number of nitrogens with one attached hydrogen (secondary N) is 1. The molecule has 1 aliphatic rings. The van der Waals surface area contributed by atoms with Crippen molar-refractivity contribution in [3.63, 3.8) is 0 Å². The molecule has 1 N–H and O–H groups in total. The topological polar surface area (TPSA) is 63.2 Å². The van der Waals surface area contributed by atoms with Gasteiger partial charge in [-0.05, 0) is 31.0 Å². The van der Waals surface area contributed by atoms with Crippen LogP contribution in [0.25, 0.3) is 0 Å². The van der Waals surface area contributed by atoms with E-state index >= 15 is 0 Å². The third kappa shape index (κ3) is 3.16. The summed E-state index contributed by atoms with van der Waals surface area (Å²) in [4.78, 5) is 6.63. The number of rotatable bonds is 4. The van der Waals surface area contributed by atoms with E-state index in [-0.39, 0.29) is 0 Å². The molecule has 0 atom stereocenters. The molecule has 110 valence electrons. The molecule has 0 bridgehead atoms. The van der Waals surface area contributed by atoms with Gasteiger partial charge >= 0.3 is 0 Å². The zero-order valence-corrected chi connectivity index (χ0v) is 12.5. The fraction of sp³-hybridized carbons (Fsp3) is 0.357. The lowest BCUT2D eigenvalue weighted by Gasteiger charge is -2.15. The Bertz CT molecular complexity index is 631. The normalized spacial score (nSPS) is 14.3. The summed E-state index contributed by atoms with van der Waals surface area (Å²) in [6.07, 6.45) is 3.95. The highest BCUT2D eigenvalue weighted by molar-refractivity contribution is 6.32. The standard InChI is InChI=1S/C14H16ClN5O/c1-21-12-5-4-10(8-11(12)15)17-13-9-16-19-14(18-13)20-6-2-3-7-20/h4-5,8-9H,2-3,6-7H2,1H3,(H,17,18,19). The molecule has 0 amide bonds. The van der Waals surface area contributed by atoms with Crippen molar-refractivity contribution < 1.29 is 4.74 Å². The van der Waals surface area contributed by atoms with Crippen molar-refractivity contribution in [2.24, 2.45) is 0 Å². The van der Waals surface area contributed by atoms with Crippen molar-refractivity contribution in [3.8, 4) is 5.75 Å². The highest BCUT2D eigenvalue weighted by Gasteiger charge is 2.15. The summed E-state index contributed by atoms with van der Waals surface area (Å²) in [5.41, 5.74) is 0.827. The summed E-state index contributed by atoms with van der Waals surface area (Å²) < 4.78 is 5.13. The molecule has 21 heavy (non-hydrogen) atoms. The van der Waals surface area contributed by atoms with E-state index in [9.17, 15) is 0 Å². The summed E-state index contributed by atoms with van der Waals surface area (Å²) in [6, 6.07) is 5.47. The second kappa shape index (κ2) is 6.13. The van der Waals surface area contributed by atoms with Gasteiger partial charge in [0, 0.05) is 18.8 Å². The first-order valence-electron chi connectivity index (χ1n) is 6.81. The molecule has 0 saturated carbocycles. The molecule has 0 radical (unpaired) electrons. The van der Waals surface area contributed by atoms with Gasteiger partial charge in [0.25, 0.3) is 0 Å².